The highest BCUT2D eigenvalue weighted by Gasteiger charge is 2.23. The predicted molar refractivity (Wildman–Crippen MR) is 88.9 cm³/mol. The maximum atomic E-state index is 12.4. The zero-order valence-corrected chi connectivity index (χ0v) is 14.0. The Hall–Kier alpha value is -2.12. The Labute approximate surface area is 141 Å². The average Bonchev–Trinajstić information content (AvgIpc) is 3.26. The lowest BCUT2D eigenvalue weighted by Gasteiger charge is -2.13. The van der Waals surface area contributed by atoms with Gasteiger partial charge in [0.15, 0.2) is 0 Å². The Balaban J connectivity index is 1.69. The maximum absolute atomic E-state index is 12.4. The summed E-state index contributed by atoms with van der Waals surface area (Å²) in [7, 11) is -3.61. The van der Waals surface area contributed by atoms with Gasteiger partial charge in [-0.2, -0.15) is 0 Å². The molecule has 1 aromatic carbocycles. The Bertz CT molecular complexity index is 794. The zero-order chi connectivity index (χ0) is 17.0. The second kappa shape index (κ2) is 7.19. The van der Waals surface area contributed by atoms with Gasteiger partial charge in [0, 0.05) is 11.6 Å². The van der Waals surface area contributed by atoms with Crippen molar-refractivity contribution in [3.05, 3.63) is 54.0 Å². The van der Waals surface area contributed by atoms with Crippen LogP contribution < -0.4 is 10.0 Å². The molecule has 0 radical (unpaired) electrons. The molecule has 1 aliphatic rings. The minimum Gasteiger partial charge on any atom is -0.467 e. The molecule has 2 N–H and O–H groups in total. The highest BCUT2D eigenvalue weighted by Crippen LogP contribution is 2.20. The van der Waals surface area contributed by atoms with E-state index in [0.717, 1.165) is 25.7 Å². The second-order valence-electron chi connectivity index (χ2n) is 5.89. The number of carbonyl (C=O) groups excluding carboxylic acids is 1. The van der Waals surface area contributed by atoms with E-state index in [2.05, 4.69) is 10.0 Å². The quantitative estimate of drug-likeness (QED) is 0.839. The third-order valence-corrected chi connectivity index (χ3v) is 5.60. The standard InChI is InChI=1S/C17H20N2O4S/c20-17(18-12-15-8-4-10-23-15)13-5-3-9-16(11-13)24(21,22)19-14-6-1-2-7-14/h3-5,8-11,14,19H,1-2,6-7,12H2,(H,18,20). The number of furan rings is 1. The molecule has 0 spiro atoms. The van der Waals surface area contributed by atoms with E-state index in [-0.39, 0.29) is 23.4 Å². The molecule has 1 amide bonds. The summed E-state index contributed by atoms with van der Waals surface area (Å²) in [6.07, 6.45) is 5.35. The smallest absolute Gasteiger partial charge is 0.251 e. The first-order valence-corrected chi connectivity index (χ1v) is 9.46. The zero-order valence-electron chi connectivity index (χ0n) is 13.2. The fourth-order valence-corrected chi connectivity index (χ4v) is 4.17. The fourth-order valence-electron chi connectivity index (χ4n) is 2.82. The first kappa shape index (κ1) is 16.7. The minimum absolute atomic E-state index is 0.00793. The summed E-state index contributed by atoms with van der Waals surface area (Å²) in [6.45, 7) is 0.253. The van der Waals surface area contributed by atoms with Crippen LogP contribution in [0.1, 0.15) is 41.8 Å². The van der Waals surface area contributed by atoms with Crippen LogP contribution in [0.15, 0.2) is 52.0 Å². The Morgan fingerprint density at radius 1 is 1.17 bits per heavy atom. The van der Waals surface area contributed by atoms with Crippen LogP contribution in [0.5, 0.6) is 0 Å². The highest BCUT2D eigenvalue weighted by atomic mass is 32.2. The van der Waals surface area contributed by atoms with Crippen LogP contribution in [0.2, 0.25) is 0 Å². The van der Waals surface area contributed by atoms with Crippen LogP contribution in [0, 0.1) is 0 Å². The summed E-state index contributed by atoms with van der Waals surface area (Å²) in [4.78, 5) is 12.3. The van der Waals surface area contributed by atoms with Crippen molar-refractivity contribution in [2.75, 3.05) is 0 Å². The highest BCUT2D eigenvalue weighted by molar-refractivity contribution is 7.89. The average molecular weight is 348 g/mol. The maximum Gasteiger partial charge on any atom is 0.251 e. The molecule has 6 nitrogen and oxygen atoms in total. The molecule has 24 heavy (non-hydrogen) atoms. The summed E-state index contributed by atoms with van der Waals surface area (Å²) in [5, 5.41) is 2.71. The van der Waals surface area contributed by atoms with Crippen molar-refractivity contribution in [2.24, 2.45) is 0 Å². The van der Waals surface area contributed by atoms with Gasteiger partial charge in [-0.1, -0.05) is 18.9 Å². The third kappa shape index (κ3) is 4.04. The normalized spacial score (nSPS) is 15.5. The lowest BCUT2D eigenvalue weighted by atomic mass is 10.2. The summed E-state index contributed by atoms with van der Waals surface area (Å²) in [5.74, 6) is 0.291. The molecule has 0 bridgehead atoms. The van der Waals surface area contributed by atoms with Gasteiger partial charge in [-0.3, -0.25) is 4.79 Å². The van der Waals surface area contributed by atoms with Gasteiger partial charge in [0.1, 0.15) is 5.76 Å². The SMILES string of the molecule is O=C(NCc1ccco1)c1cccc(S(=O)(=O)NC2CCCC2)c1. The topological polar surface area (TPSA) is 88.4 Å². The van der Waals surface area contributed by atoms with Gasteiger partial charge in [0.2, 0.25) is 10.0 Å². The van der Waals surface area contributed by atoms with E-state index in [1.54, 1.807) is 24.3 Å². The number of rotatable bonds is 6. The third-order valence-electron chi connectivity index (χ3n) is 4.09. The van der Waals surface area contributed by atoms with Crippen molar-refractivity contribution < 1.29 is 17.6 Å². The number of hydrogen-bond acceptors (Lipinski definition) is 4. The van der Waals surface area contributed by atoms with Crippen LogP contribution in [-0.2, 0) is 16.6 Å². The van der Waals surface area contributed by atoms with Crippen molar-refractivity contribution in [2.45, 2.75) is 43.2 Å². The number of nitrogens with one attached hydrogen (secondary N) is 2. The monoisotopic (exact) mass is 348 g/mol. The van der Waals surface area contributed by atoms with Gasteiger partial charge in [-0.15, -0.1) is 0 Å². The van der Waals surface area contributed by atoms with Crippen LogP contribution >= 0.6 is 0 Å². The van der Waals surface area contributed by atoms with E-state index >= 15 is 0 Å². The van der Waals surface area contributed by atoms with Crippen molar-refractivity contribution in [1.29, 1.82) is 0 Å². The van der Waals surface area contributed by atoms with Gasteiger partial charge in [0.05, 0.1) is 17.7 Å². The molecule has 1 aliphatic carbocycles. The van der Waals surface area contributed by atoms with Crippen molar-refractivity contribution in [3.8, 4) is 0 Å². The fraction of sp³-hybridized carbons (Fsp3) is 0.353. The van der Waals surface area contributed by atoms with E-state index in [1.807, 2.05) is 0 Å². The molecular weight excluding hydrogens is 328 g/mol. The minimum atomic E-state index is -3.61. The van der Waals surface area contributed by atoms with Crippen LogP contribution in [0.3, 0.4) is 0 Å². The summed E-state index contributed by atoms with van der Waals surface area (Å²) < 4.78 is 32.8. The molecular formula is C17H20N2O4S. The molecule has 0 saturated heterocycles. The van der Waals surface area contributed by atoms with Crippen molar-refractivity contribution in [3.63, 3.8) is 0 Å². The lowest BCUT2D eigenvalue weighted by Crippen LogP contribution is -2.32. The van der Waals surface area contributed by atoms with E-state index in [9.17, 15) is 13.2 Å². The van der Waals surface area contributed by atoms with E-state index in [1.165, 1.54) is 18.4 Å². The van der Waals surface area contributed by atoms with Crippen molar-refractivity contribution in [1.82, 2.24) is 10.0 Å². The lowest BCUT2D eigenvalue weighted by molar-refractivity contribution is 0.0948. The molecule has 1 aromatic heterocycles. The van der Waals surface area contributed by atoms with Gasteiger partial charge >= 0.3 is 0 Å². The number of carbonyl (C=O) groups is 1. The Morgan fingerprint density at radius 3 is 2.67 bits per heavy atom. The van der Waals surface area contributed by atoms with Gasteiger partial charge < -0.3 is 9.73 Å². The number of amides is 1. The molecule has 0 aliphatic heterocycles. The molecule has 128 valence electrons. The first-order chi connectivity index (χ1) is 11.5. The number of sulfonamides is 1. The molecule has 3 rings (SSSR count). The number of hydrogen-bond donors (Lipinski definition) is 2. The van der Waals surface area contributed by atoms with Gasteiger partial charge in [-0.25, -0.2) is 13.1 Å². The summed E-state index contributed by atoms with van der Waals surface area (Å²) in [5.41, 5.74) is 0.302. The van der Waals surface area contributed by atoms with E-state index < -0.39 is 10.0 Å². The Morgan fingerprint density at radius 2 is 1.96 bits per heavy atom. The second-order valence-corrected chi connectivity index (χ2v) is 7.61. The predicted octanol–water partition coefficient (Wildman–Crippen LogP) is 2.43. The molecule has 2 aromatic rings. The summed E-state index contributed by atoms with van der Waals surface area (Å²) >= 11 is 0. The first-order valence-electron chi connectivity index (χ1n) is 7.97. The van der Waals surface area contributed by atoms with Crippen LogP contribution in [0.4, 0.5) is 0 Å². The van der Waals surface area contributed by atoms with Gasteiger partial charge in [0.25, 0.3) is 5.91 Å². The molecule has 0 atom stereocenters. The van der Waals surface area contributed by atoms with Crippen LogP contribution in [0.25, 0.3) is 0 Å². The molecule has 1 saturated carbocycles. The van der Waals surface area contributed by atoms with Crippen LogP contribution in [-0.4, -0.2) is 20.4 Å². The van der Waals surface area contributed by atoms with E-state index in [0.29, 0.717) is 11.3 Å². The van der Waals surface area contributed by atoms with Crippen molar-refractivity contribution >= 4 is 15.9 Å². The largest absolute Gasteiger partial charge is 0.467 e. The molecule has 1 fully saturated rings. The number of benzene rings is 1. The molecule has 7 heteroatoms. The summed E-state index contributed by atoms with van der Waals surface area (Å²) in [6, 6.07) is 9.55. The Kier molecular flexibility index (Phi) is 5.01. The van der Waals surface area contributed by atoms with E-state index in [4.69, 9.17) is 4.42 Å². The molecule has 1 heterocycles. The van der Waals surface area contributed by atoms with Gasteiger partial charge in [-0.05, 0) is 43.2 Å². The molecule has 0 unspecified atom stereocenters.